The zero-order chi connectivity index (χ0) is 37.0. The van der Waals surface area contributed by atoms with Crippen molar-refractivity contribution in [3.05, 3.63) is 194 Å². The zero-order valence-electron chi connectivity index (χ0n) is 30.2. The van der Waals surface area contributed by atoms with E-state index in [-0.39, 0.29) is 0 Å². The molecular weight excluding hydrogens is 685 g/mol. The summed E-state index contributed by atoms with van der Waals surface area (Å²) in [5, 5.41) is 4.56. The average Bonchev–Trinajstić information content (AvgIpc) is 3.83. The normalized spacial score (nSPS) is 11.6. The summed E-state index contributed by atoms with van der Waals surface area (Å²) < 4.78 is 8.37. The molecule has 5 heteroatoms. The third-order valence-electron chi connectivity index (χ3n) is 10.7. The molecular formula is C51H32N4O. The molecule has 0 bridgehead atoms. The number of fused-ring (bicyclic) bond motifs is 6. The van der Waals surface area contributed by atoms with Gasteiger partial charge in [-0.1, -0.05) is 164 Å². The lowest BCUT2D eigenvalue weighted by Gasteiger charge is -2.13. The Morgan fingerprint density at radius 1 is 0.339 bits per heavy atom. The molecule has 11 rings (SSSR count). The van der Waals surface area contributed by atoms with E-state index in [1.807, 2.05) is 30.3 Å². The first kappa shape index (κ1) is 31.9. The smallest absolute Gasteiger partial charge is 0.238 e. The van der Waals surface area contributed by atoms with E-state index in [0.29, 0.717) is 17.6 Å². The maximum Gasteiger partial charge on any atom is 0.238 e. The molecule has 262 valence electrons. The fourth-order valence-corrected chi connectivity index (χ4v) is 8.09. The minimum Gasteiger partial charge on any atom is -0.456 e. The second-order valence-corrected chi connectivity index (χ2v) is 14.0. The average molecular weight is 717 g/mol. The van der Waals surface area contributed by atoms with Crippen molar-refractivity contribution >= 4 is 43.7 Å². The minimum absolute atomic E-state index is 0.572. The molecule has 0 unspecified atom stereocenters. The molecule has 0 spiro atoms. The third kappa shape index (κ3) is 5.29. The highest BCUT2D eigenvalue weighted by Gasteiger charge is 2.19. The van der Waals surface area contributed by atoms with Gasteiger partial charge in [-0.3, -0.25) is 4.57 Å². The molecule has 3 heterocycles. The highest BCUT2D eigenvalue weighted by molar-refractivity contribution is 6.12. The van der Waals surface area contributed by atoms with Crippen LogP contribution in [0.5, 0.6) is 0 Å². The number of furan rings is 1. The second-order valence-electron chi connectivity index (χ2n) is 14.0. The van der Waals surface area contributed by atoms with E-state index in [0.717, 1.165) is 88.3 Å². The molecule has 56 heavy (non-hydrogen) atoms. The maximum absolute atomic E-state index is 6.21. The van der Waals surface area contributed by atoms with Gasteiger partial charge in [0.25, 0.3) is 0 Å². The van der Waals surface area contributed by atoms with E-state index >= 15 is 0 Å². The van der Waals surface area contributed by atoms with Crippen molar-refractivity contribution in [3.8, 4) is 62.1 Å². The van der Waals surface area contributed by atoms with Crippen LogP contribution in [-0.2, 0) is 0 Å². The van der Waals surface area contributed by atoms with Crippen LogP contribution in [0.25, 0.3) is 106 Å². The highest BCUT2D eigenvalue weighted by Crippen LogP contribution is 2.39. The fourth-order valence-electron chi connectivity index (χ4n) is 8.09. The zero-order valence-corrected chi connectivity index (χ0v) is 30.2. The fraction of sp³-hybridized carbons (Fsp3) is 0. The summed E-state index contributed by atoms with van der Waals surface area (Å²) in [4.78, 5) is 15.6. The molecule has 11 aromatic rings. The van der Waals surface area contributed by atoms with E-state index in [2.05, 4.69) is 168 Å². The number of nitrogens with zero attached hydrogens (tertiary/aromatic N) is 4. The Morgan fingerprint density at radius 2 is 0.893 bits per heavy atom. The molecule has 0 saturated heterocycles. The summed E-state index contributed by atoms with van der Waals surface area (Å²) in [7, 11) is 0. The first-order valence-electron chi connectivity index (χ1n) is 18.8. The van der Waals surface area contributed by atoms with E-state index in [4.69, 9.17) is 19.4 Å². The molecule has 0 atom stereocenters. The third-order valence-corrected chi connectivity index (χ3v) is 10.7. The van der Waals surface area contributed by atoms with Gasteiger partial charge in [-0.25, -0.2) is 4.98 Å². The Labute approximate surface area is 322 Å². The largest absolute Gasteiger partial charge is 0.456 e. The first-order chi connectivity index (χ1) is 27.8. The van der Waals surface area contributed by atoms with Crippen LogP contribution in [0.2, 0.25) is 0 Å². The standard InChI is InChI=1S/C51H32N4O/c1-2-14-34(15-3-1)38-18-4-5-21-42(38)50-52-49(53-51(54-50)55-44-24-9-6-19-40(44)41-20-7-10-25-45(41)55)35-30-28-33(29-31-35)36-16-12-17-37(32-36)39-23-13-27-47-48(39)43-22-8-11-26-46(43)56-47/h1-32H. The molecule has 0 aliphatic carbocycles. The SMILES string of the molecule is c1ccc(-c2ccccc2-c2nc(-c3ccc(-c4cccc(-c5cccc6oc7ccccc7c56)c4)cc3)nc(-n3c4ccccc4c4ccccc43)n2)cc1. The number of hydrogen-bond donors (Lipinski definition) is 0. The van der Waals surface area contributed by atoms with Gasteiger partial charge in [0.1, 0.15) is 11.2 Å². The van der Waals surface area contributed by atoms with Crippen LogP contribution in [0.15, 0.2) is 199 Å². The van der Waals surface area contributed by atoms with Crippen LogP contribution in [0.4, 0.5) is 0 Å². The van der Waals surface area contributed by atoms with Gasteiger partial charge in [-0.2, -0.15) is 9.97 Å². The van der Waals surface area contributed by atoms with E-state index in [1.165, 1.54) is 0 Å². The van der Waals surface area contributed by atoms with Crippen LogP contribution in [-0.4, -0.2) is 19.5 Å². The van der Waals surface area contributed by atoms with Gasteiger partial charge in [0.05, 0.1) is 11.0 Å². The van der Waals surface area contributed by atoms with Gasteiger partial charge in [-0.15, -0.1) is 0 Å². The van der Waals surface area contributed by atoms with Gasteiger partial charge in [-0.05, 0) is 63.7 Å². The monoisotopic (exact) mass is 716 g/mol. The summed E-state index contributed by atoms with van der Waals surface area (Å²) in [6, 6.07) is 67.4. The molecule has 8 aromatic carbocycles. The number of hydrogen-bond acceptors (Lipinski definition) is 4. The molecule has 0 saturated carbocycles. The van der Waals surface area contributed by atoms with Crippen molar-refractivity contribution in [2.45, 2.75) is 0 Å². The molecule has 0 amide bonds. The topological polar surface area (TPSA) is 56.7 Å². The lowest BCUT2D eigenvalue weighted by Crippen LogP contribution is -2.06. The molecule has 3 aromatic heterocycles. The number of rotatable bonds is 6. The summed E-state index contributed by atoms with van der Waals surface area (Å²) in [5.41, 5.74) is 12.4. The molecule has 0 radical (unpaired) electrons. The van der Waals surface area contributed by atoms with Crippen LogP contribution in [0.3, 0.4) is 0 Å². The highest BCUT2D eigenvalue weighted by atomic mass is 16.3. The van der Waals surface area contributed by atoms with Crippen molar-refractivity contribution in [3.63, 3.8) is 0 Å². The second kappa shape index (κ2) is 13.0. The van der Waals surface area contributed by atoms with E-state index in [1.54, 1.807) is 0 Å². The van der Waals surface area contributed by atoms with Gasteiger partial charge in [0, 0.05) is 32.7 Å². The maximum atomic E-state index is 6.21. The molecule has 0 N–H and O–H groups in total. The van der Waals surface area contributed by atoms with Crippen LogP contribution in [0, 0.1) is 0 Å². The summed E-state index contributed by atoms with van der Waals surface area (Å²) in [6.07, 6.45) is 0. The summed E-state index contributed by atoms with van der Waals surface area (Å²) >= 11 is 0. The lowest BCUT2D eigenvalue weighted by atomic mass is 9.95. The Bertz CT molecular complexity index is 3200. The first-order valence-corrected chi connectivity index (χ1v) is 18.8. The Morgan fingerprint density at radius 3 is 1.68 bits per heavy atom. The molecule has 5 nitrogen and oxygen atoms in total. The minimum atomic E-state index is 0.572. The summed E-state index contributed by atoms with van der Waals surface area (Å²) in [6.45, 7) is 0. The quantitative estimate of drug-likeness (QED) is 0.172. The Hall–Kier alpha value is -7.63. The molecule has 0 aliphatic heterocycles. The van der Waals surface area contributed by atoms with E-state index < -0.39 is 0 Å². The number of benzene rings is 8. The predicted molar refractivity (Wildman–Crippen MR) is 229 cm³/mol. The van der Waals surface area contributed by atoms with Crippen molar-refractivity contribution < 1.29 is 4.42 Å². The Kier molecular flexibility index (Phi) is 7.42. The van der Waals surface area contributed by atoms with Crippen molar-refractivity contribution in [2.75, 3.05) is 0 Å². The summed E-state index contributed by atoms with van der Waals surface area (Å²) in [5.74, 6) is 1.79. The van der Waals surface area contributed by atoms with Crippen molar-refractivity contribution in [1.29, 1.82) is 0 Å². The Balaban J connectivity index is 1.05. The van der Waals surface area contributed by atoms with Gasteiger partial charge >= 0.3 is 0 Å². The van der Waals surface area contributed by atoms with Gasteiger partial charge in [0.2, 0.25) is 5.95 Å². The molecule has 0 fully saturated rings. The van der Waals surface area contributed by atoms with Crippen LogP contribution in [0.1, 0.15) is 0 Å². The number of aromatic nitrogens is 4. The van der Waals surface area contributed by atoms with Crippen LogP contribution < -0.4 is 0 Å². The van der Waals surface area contributed by atoms with Crippen molar-refractivity contribution in [1.82, 2.24) is 19.5 Å². The number of para-hydroxylation sites is 3. The lowest BCUT2D eigenvalue weighted by molar-refractivity contribution is 0.669. The van der Waals surface area contributed by atoms with E-state index in [9.17, 15) is 0 Å². The van der Waals surface area contributed by atoms with Crippen LogP contribution >= 0.6 is 0 Å². The van der Waals surface area contributed by atoms with Gasteiger partial charge in [0.15, 0.2) is 11.6 Å². The van der Waals surface area contributed by atoms with Gasteiger partial charge < -0.3 is 4.42 Å². The molecule has 0 aliphatic rings. The van der Waals surface area contributed by atoms with Crippen molar-refractivity contribution in [2.24, 2.45) is 0 Å². The predicted octanol–water partition coefficient (Wildman–Crippen LogP) is 13.2.